The van der Waals surface area contributed by atoms with E-state index < -0.39 is 0 Å². The van der Waals surface area contributed by atoms with Crippen molar-refractivity contribution in [2.75, 3.05) is 26.7 Å². The maximum absolute atomic E-state index is 5.38. The van der Waals surface area contributed by atoms with Gasteiger partial charge in [-0.2, -0.15) is 4.98 Å². The Bertz CT molecular complexity index is 537. The van der Waals surface area contributed by atoms with E-state index in [0.29, 0.717) is 5.82 Å². The largest absolute Gasteiger partial charge is 0.338 e. The van der Waals surface area contributed by atoms with Crippen molar-refractivity contribution in [3.63, 3.8) is 0 Å². The van der Waals surface area contributed by atoms with Gasteiger partial charge in [0.2, 0.25) is 11.7 Å². The lowest BCUT2D eigenvalue weighted by Crippen LogP contribution is -2.34. The van der Waals surface area contributed by atoms with E-state index in [1.54, 1.807) is 11.3 Å². The van der Waals surface area contributed by atoms with E-state index >= 15 is 0 Å². The van der Waals surface area contributed by atoms with Crippen LogP contribution in [0.25, 0.3) is 10.7 Å². The highest BCUT2D eigenvalue weighted by molar-refractivity contribution is 7.13. The summed E-state index contributed by atoms with van der Waals surface area (Å²) < 4.78 is 5.38. The van der Waals surface area contributed by atoms with E-state index in [4.69, 9.17) is 4.52 Å². The fourth-order valence-electron chi connectivity index (χ4n) is 2.80. The summed E-state index contributed by atoms with van der Waals surface area (Å²) >= 11 is 1.64. The molecule has 1 aliphatic heterocycles. The number of likely N-dealkylation sites (tertiary alicyclic amines) is 1. The Morgan fingerprint density at radius 3 is 2.91 bits per heavy atom. The first-order chi connectivity index (χ1) is 10.3. The van der Waals surface area contributed by atoms with Crippen molar-refractivity contribution in [2.24, 2.45) is 5.92 Å². The Balaban J connectivity index is 0.00000176. The molecule has 3 heterocycles. The number of thiophene rings is 1. The van der Waals surface area contributed by atoms with Gasteiger partial charge < -0.3 is 9.84 Å². The minimum atomic E-state index is 0. The number of aromatic nitrogens is 2. The fraction of sp³-hybridized carbons (Fsp3) is 0.600. The van der Waals surface area contributed by atoms with E-state index in [2.05, 4.69) is 20.4 Å². The second kappa shape index (κ2) is 8.62. The van der Waals surface area contributed by atoms with Crippen LogP contribution in [0.5, 0.6) is 0 Å². The quantitative estimate of drug-likeness (QED) is 0.874. The van der Waals surface area contributed by atoms with Gasteiger partial charge in [-0.15, -0.1) is 23.7 Å². The average Bonchev–Trinajstić information content (AvgIpc) is 3.17. The summed E-state index contributed by atoms with van der Waals surface area (Å²) in [5.74, 6) is 2.30. The van der Waals surface area contributed by atoms with Crippen molar-refractivity contribution >= 4 is 23.7 Å². The smallest absolute Gasteiger partial charge is 0.241 e. The molecule has 0 aliphatic carbocycles. The number of rotatable bonds is 6. The molecule has 0 saturated carbocycles. The minimum Gasteiger partial charge on any atom is -0.338 e. The van der Waals surface area contributed by atoms with Crippen molar-refractivity contribution in [3.8, 4) is 10.7 Å². The van der Waals surface area contributed by atoms with Gasteiger partial charge in [-0.25, -0.2) is 0 Å². The maximum atomic E-state index is 5.38. The molecule has 0 amide bonds. The van der Waals surface area contributed by atoms with Crippen molar-refractivity contribution in [2.45, 2.75) is 25.8 Å². The molecule has 0 spiro atoms. The maximum Gasteiger partial charge on any atom is 0.241 e. The molecule has 0 atom stereocenters. The second-order valence-electron chi connectivity index (χ2n) is 5.60. The molecule has 0 bridgehead atoms. The van der Waals surface area contributed by atoms with Crippen LogP contribution in [0.15, 0.2) is 22.0 Å². The number of hydrogen-bond acceptors (Lipinski definition) is 6. The van der Waals surface area contributed by atoms with E-state index in [1.807, 2.05) is 24.6 Å². The van der Waals surface area contributed by atoms with E-state index in [9.17, 15) is 0 Å². The SMILES string of the molecule is CNCCC1CCN(Cc2nc(-c3cccs3)no2)CC1.Cl. The van der Waals surface area contributed by atoms with Crippen LogP contribution in [-0.2, 0) is 6.54 Å². The average molecular weight is 343 g/mol. The molecule has 7 heteroatoms. The summed E-state index contributed by atoms with van der Waals surface area (Å²) in [5.41, 5.74) is 0. The number of nitrogens with one attached hydrogen (secondary N) is 1. The van der Waals surface area contributed by atoms with Crippen LogP contribution >= 0.6 is 23.7 Å². The van der Waals surface area contributed by atoms with Gasteiger partial charge in [0.25, 0.3) is 0 Å². The molecular weight excluding hydrogens is 320 g/mol. The summed E-state index contributed by atoms with van der Waals surface area (Å²) in [7, 11) is 2.02. The third kappa shape index (κ3) is 4.52. The molecule has 1 aliphatic rings. The standard InChI is InChI=1S/C15H22N4OS.ClH/c1-16-7-4-12-5-8-19(9-6-12)11-14-17-15(18-20-14)13-3-2-10-21-13;/h2-3,10,12,16H,4-9,11H2,1H3;1H. The van der Waals surface area contributed by atoms with Crippen LogP contribution < -0.4 is 5.32 Å². The van der Waals surface area contributed by atoms with E-state index in [-0.39, 0.29) is 12.4 Å². The predicted octanol–water partition coefficient (Wildman–Crippen LogP) is 3.04. The van der Waals surface area contributed by atoms with Gasteiger partial charge in [-0.1, -0.05) is 11.2 Å². The normalized spacial score (nSPS) is 16.6. The van der Waals surface area contributed by atoms with Crippen molar-refractivity contribution < 1.29 is 4.52 Å². The molecule has 0 unspecified atom stereocenters. The zero-order valence-corrected chi connectivity index (χ0v) is 14.5. The first-order valence-corrected chi connectivity index (χ1v) is 8.46. The van der Waals surface area contributed by atoms with Crippen LogP contribution in [0.3, 0.4) is 0 Å². The van der Waals surface area contributed by atoms with E-state index in [1.165, 1.54) is 19.3 Å². The third-order valence-corrected chi connectivity index (χ3v) is 4.94. The Morgan fingerprint density at radius 2 is 2.23 bits per heavy atom. The number of piperidine rings is 1. The molecule has 5 nitrogen and oxygen atoms in total. The minimum absolute atomic E-state index is 0. The van der Waals surface area contributed by atoms with Gasteiger partial charge in [0.1, 0.15) is 0 Å². The van der Waals surface area contributed by atoms with Gasteiger partial charge in [-0.05, 0) is 63.3 Å². The van der Waals surface area contributed by atoms with Crippen LogP contribution in [0.1, 0.15) is 25.2 Å². The molecule has 2 aromatic heterocycles. The summed E-state index contributed by atoms with van der Waals surface area (Å²) in [6.45, 7) is 4.16. The molecule has 1 fully saturated rings. The molecular formula is C15H23ClN4OS. The topological polar surface area (TPSA) is 54.2 Å². The highest BCUT2D eigenvalue weighted by Gasteiger charge is 2.20. The van der Waals surface area contributed by atoms with Crippen LogP contribution in [-0.4, -0.2) is 41.7 Å². The molecule has 1 saturated heterocycles. The van der Waals surface area contributed by atoms with Crippen molar-refractivity contribution in [1.82, 2.24) is 20.4 Å². The summed E-state index contributed by atoms with van der Waals surface area (Å²) in [6, 6.07) is 4.03. The fourth-order valence-corrected chi connectivity index (χ4v) is 3.45. The lowest BCUT2D eigenvalue weighted by atomic mass is 9.93. The second-order valence-corrected chi connectivity index (χ2v) is 6.55. The first-order valence-electron chi connectivity index (χ1n) is 7.58. The highest BCUT2D eigenvalue weighted by Crippen LogP contribution is 2.23. The molecule has 1 N–H and O–H groups in total. The first kappa shape index (κ1) is 17.4. The molecule has 0 aromatic carbocycles. The lowest BCUT2D eigenvalue weighted by Gasteiger charge is -2.30. The molecule has 2 aromatic rings. The summed E-state index contributed by atoms with van der Waals surface area (Å²) in [6.07, 6.45) is 3.83. The molecule has 3 rings (SSSR count). The highest BCUT2D eigenvalue weighted by atomic mass is 35.5. The Morgan fingerprint density at radius 1 is 1.41 bits per heavy atom. The molecule has 22 heavy (non-hydrogen) atoms. The molecule has 122 valence electrons. The van der Waals surface area contributed by atoms with Crippen LogP contribution in [0.4, 0.5) is 0 Å². The van der Waals surface area contributed by atoms with Gasteiger partial charge in [0, 0.05) is 0 Å². The third-order valence-electron chi connectivity index (χ3n) is 4.08. The number of nitrogens with zero attached hydrogens (tertiary/aromatic N) is 3. The number of hydrogen-bond donors (Lipinski definition) is 1. The van der Waals surface area contributed by atoms with Gasteiger partial charge >= 0.3 is 0 Å². The molecule has 0 radical (unpaired) electrons. The van der Waals surface area contributed by atoms with Gasteiger partial charge in [0.15, 0.2) is 0 Å². The predicted molar refractivity (Wildman–Crippen MR) is 91.4 cm³/mol. The van der Waals surface area contributed by atoms with Crippen LogP contribution in [0, 0.1) is 5.92 Å². The van der Waals surface area contributed by atoms with E-state index in [0.717, 1.165) is 42.9 Å². The van der Waals surface area contributed by atoms with Gasteiger partial charge in [-0.3, -0.25) is 4.90 Å². The summed E-state index contributed by atoms with van der Waals surface area (Å²) in [4.78, 5) is 7.98. The zero-order chi connectivity index (χ0) is 14.5. The monoisotopic (exact) mass is 342 g/mol. The number of halogens is 1. The summed E-state index contributed by atoms with van der Waals surface area (Å²) in [5, 5.41) is 9.33. The zero-order valence-electron chi connectivity index (χ0n) is 12.8. The Hall–Kier alpha value is -0.950. The van der Waals surface area contributed by atoms with Gasteiger partial charge in [0.05, 0.1) is 11.4 Å². The lowest BCUT2D eigenvalue weighted by molar-refractivity contribution is 0.155. The van der Waals surface area contributed by atoms with Crippen LogP contribution in [0.2, 0.25) is 0 Å². The Kier molecular flexibility index (Phi) is 6.82. The van der Waals surface area contributed by atoms with Crippen molar-refractivity contribution in [1.29, 1.82) is 0 Å². The Labute approximate surface area is 141 Å². The van der Waals surface area contributed by atoms with Crippen molar-refractivity contribution in [3.05, 3.63) is 23.4 Å².